The second kappa shape index (κ2) is 4.01. The van der Waals surface area contributed by atoms with E-state index in [1.165, 1.54) is 19.3 Å². The SMILES string of the molecule is OCc1cnc(N2CC3CCCC3C2)nc1. The standard InChI is InChI=1S/C12H17N3O/c16-8-9-4-13-12(14-5-9)15-6-10-2-1-3-11(10)7-15/h4-5,10-11,16H,1-3,6-8H2. The Kier molecular flexibility index (Phi) is 2.52. The highest BCUT2D eigenvalue weighted by Gasteiger charge is 2.36. The van der Waals surface area contributed by atoms with Gasteiger partial charge in [-0.3, -0.25) is 0 Å². The minimum Gasteiger partial charge on any atom is -0.392 e. The Bertz CT molecular complexity index is 353. The van der Waals surface area contributed by atoms with Crippen LogP contribution >= 0.6 is 0 Å². The van der Waals surface area contributed by atoms with Gasteiger partial charge in [-0.2, -0.15) is 0 Å². The molecule has 3 rings (SSSR count). The van der Waals surface area contributed by atoms with Crippen molar-refractivity contribution in [3.8, 4) is 0 Å². The Morgan fingerprint density at radius 2 is 1.81 bits per heavy atom. The molecule has 2 heterocycles. The summed E-state index contributed by atoms with van der Waals surface area (Å²) < 4.78 is 0. The van der Waals surface area contributed by atoms with Crippen molar-refractivity contribution in [1.29, 1.82) is 0 Å². The van der Waals surface area contributed by atoms with Gasteiger partial charge in [0.2, 0.25) is 5.95 Å². The lowest BCUT2D eigenvalue weighted by molar-refractivity contribution is 0.281. The first-order valence-electron chi connectivity index (χ1n) is 6.03. The highest BCUT2D eigenvalue weighted by molar-refractivity contribution is 5.32. The second-order valence-corrected chi connectivity index (χ2v) is 4.91. The number of rotatable bonds is 2. The third-order valence-corrected chi connectivity index (χ3v) is 3.88. The third-order valence-electron chi connectivity index (χ3n) is 3.88. The summed E-state index contributed by atoms with van der Waals surface area (Å²) in [6.45, 7) is 2.25. The van der Waals surface area contributed by atoms with Crippen LogP contribution in [-0.2, 0) is 6.61 Å². The average Bonchev–Trinajstić information content (AvgIpc) is 2.89. The highest BCUT2D eigenvalue weighted by Crippen LogP contribution is 2.38. The Morgan fingerprint density at radius 3 is 2.38 bits per heavy atom. The van der Waals surface area contributed by atoms with Gasteiger partial charge in [0.25, 0.3) is 0 Å². The van der Waals surface area contributed by atoms with Crippen molar-refractivity contribution in [2.45, 2.75) is 25.9 Å². The maximum atomic E-state index is 8.93. The fourth-order valence-electron chi connectivity index (χ4n) is 2.99. The van der Waals surface area contributed by atoms with Crippen molar-refractivity contribution in [3.05, 3.63) is 18.0 Å². The van der Waals surface area contributed by atoms with Gasteiger partial charge >= 0.3 is 0 Å². The molecule has 4 nitrogen and oxygen atoms in total. The molecular formula is C12H17N3O. The summed E-state index contributed by atoms with van der Waals surface area (Å²) >= 11 is 0. The van der Waals surface area contributed by atoms with Crippen LogP contribution in [0.3, 0.4) is 0 Å². The topological polar surface area (TPSA) is 49.3 Å². The van der Waals surface area contributed by atoms with E-state index in [0.29, 0.717) is 0 Å². The zero-order chi connectivity index (χ0) is 11.0. The summed E-state index contributed by atoms with van der Waals surface area (Å²) in [5, 5.41) is 8.93. The molecule has 0 radical (unpaired) electrons. The van der Waals surface area contributed by atoms with E-state index in [4.69, 9.17) is 5.11 Å². The maximum absolute atomic E-state index is 8.93. The molecule has 0 bridgehead atoms. The van der Waals surface area contributed by atoms with Crippen molar-refractivity contribution in [2.24, 2.45) is 11.8 Å². The van der Waals surface area contributed by atoms with Crippen LogP contribution in [0, 0.1) is 11.8 Å². The van der Waals surface area contributed by atoms with Gasteiger partial charge < -0.3 is 10.0 Å². The van der Waals surface area contributed by atoms with Gasteiger partial charge in [0.15, 0.2) is 0 Å². The van der Waals surface area contributed by atoms with Crippen LogP contribution in [0.5, 0.6) is 0 Å². The fraction of sp³-hybridized carbons (Fsp3) is 0.667. The first kappa shape index (κ1) is 10.0. The minimum absolute atomic E-state index is 0.0194. The predicted molar refractivity (Wildman–Crippen MR) is 61.0 cm³/mol. The number of aliphatic hydroxyl groups excluding tert-OH is 1. The van der Waals surface area contributed by atoms with E-state index >= 15 is 0 Å². The van der Waals surface area contributed by atoms with Gasteiger partial charge in [-0.25, -0.2) is 9.97 Å². The van der Waals surface area contributed by atoms with E-state index < -0.39 is 0 Å². The first-order chi connectivity index (χ1) is 7.86. The number of anilines is 1. The highest BCUT2D eigenvalue weighted by atomic mass is 16.3. The van der Waals surface area contributed by atoms with Crippen molar-refractivity contribution in [1.82, 2.24) is 9.97 Å². The summed E-state index contributed by atoms with van der Waals surface area (Å²) in [6.07, 6.45) is 7.58. The van der Waals surface area contributed by atoms with Crippen LogP contribution in [0.25, 0.3) is 0 Å². The molecule has 0 spiro atoms. The molecule has 1 saturated heterocycles. The van der Waals surface area contributed by atoms with Crippen LogP contribution in [0.15, 0.2) is 12.4 Å². The van der Waals surface area contributed by atoms with E-state index in [-0.39, 0.29) is 6.61 Å². The number of aliphatic hydroxyl groups is 1. The van der Waals surface area contributed by atoms with Gasteiger partial charge in [-0.05, 0) is 24.7 Å². The van der Waals surface area contributed by atoms with Crippen LogP contribution in [0.4, 0.5) is 5.95 Å². The molecule has 2 fully saturated rings. The van der Waals surface area contributed by atoms with Crippen molar-refractivity contribution >= 4 is 5.95 Å². The van der Waals surface area contributed by atoms with Gasteiger partial charge in [-0.15, -0.1) is 0 Å². The summed E-state index contributed by atoms with van der Waals surface area (Å²) in [7, 11) is 0. The number of hydrogen-bond donors (Lipinski definition) is 1. The summed E-state index contributed by atoms with van der Waals surface area (Å²) in [5.41, 5.74) is 0.781. The van der Waals surface area contributed by atoms with E-state index in [2.05, 4.69) is 14.9 Å². The Balaban J connectivity index is 1.73. The molecule has 2 atom stereocenters. The lowest BCUT2D eigenvalue weighted by Gasteiger charge is -2.16. The Morgan fingerprint density at radius 1 is 1.19 bits per heavy atom. The summed E-state index contributed by atoms with van der Waals surface area (Å²) in [4.78, 5) is 10.9. The van der Waals surface area contributed by atoms with Crippen molar-refractivity contribution in [2.75, 3.05) is 18.0 Å². The zero-order valence-electron chi connectivity index (χ0n) is 9.34. The van der Waals surface area contributed by atoms with Gasteiger partial charge in [-0.1, -0.05) is 6.42 Å². The molecule has 86 valence electrons. The quantitative estimate of drug-likeness (QED) is 0.812. The molecule has 1 aliphatic carbocycles. The van der Waals surface area contributed by atoms with E-state index in [9.17, 15) is 0 Å². The fourth-order valence-corrected chi connectivity index (χ4v) is 2.99. The second-order valence-electron chi connectivity index (χ2n) is 4.91. The third kappa shape index (κ3) is 1.67. The van der Waals surface area contributed by atoms with Gasteiger partial charge in [0.05, 0.1) is 6.61 Å². The molecule has 0 amide bonds. The number of hydrogen-bond acceptors (Lipinski definition) is 4. The monoisotopic (exact) mass is 219 g/mol. The van der Waals surface area contributed by atoms with Crippen LogP contribution < -0.4 is 4.90 Å². The molecule has 1 saturated carbocycles. The normalized spacial score (nSPS) is 28.4. The van der Waals surface area contributed by atoms with E-state index in [1.54, 1.807) is 12.4 Å². The zero-order valence-corrected chi connectivity index (χ0v) is 9.34. The van der Waals surface area contributed by atoms with Crippen molar-refractivity contribution < 1.29 is 5.11 Å². The van der Waals surface area contributed by atoms with E-state index in [0.717, 1.165) is 36.4 Å². The summed E-state index contributed by atoms with van der Waals surface area (Å²) in [5.74, 6) is 2.55. The molecule has 1 aromatic heterocycles. The molecule has 1 aliphatic heterocycles. The maximum Gasteiger partial charge on any atom is 0.225 e. The number of fused-ring (bicyclic) bond motifs is 1. The first-order valence-corrected chi connectivity index (χ1v) is 6.03. The molecule has 1 N–H and O–H groups in total. The molecule has 2 aliphatic rings. The predicted octanol–water partition coefficient (Wildman–Crippen LogP) is 1.21. The number of aromatic nitrogens is 2. The largest absolute Gasteiger partial charge is 0.392 e. The Labute approximate surface area is 95.3 Å². The van der Waals surface area contributed by atoms with Gasteiger partial charge in [0, 0.05) is 31.0 Å². The van der Waals surface area contributed by atoms with Crippen molar-refractivity contribution in [3.63, 3.8) is 0 Å². The molecule has 2 unspecified atom stereocenters. The lowest BCUT2D eigenvalue weighted by atomic mass is 10.0. The average molecular weight is 219 g/mol. The summed E-state index contributed by atoms with van der Waals surface area (Å²) in [6, 6.07) is 0. The molecule has 4 heteroatoms. The molecule has 16 heavy (non-hydrogen) atoms. The molecular weight excluding hydrogens is 202 g/mol. The van der Waals surface area contributed by atoms with E-state index in [1.807, 2.05) is 0 Å². The van der Waals surface area contributed by atoms with Gasteiger partial charge in [0.1, 0.15) is 0 Å². The molecule has 1 aromatic rings. The van der Waals surface area contributed by atoms with Crippen LogP contribution in [-0.4, -0.2) is 28.2 Å². The minimum atomic E-state index is 0.0194. The Hall–Kier alpha value is -1.16. The number of nitrogens with zero attached hydrogens (tertiary/aromatic N) is 3. The molecule has 0 aromatic carbocycles. The van der Waals surface area contributed by atoms with Crippen LogP contribution in [0.2, 0.25) is 0 Å². The van der Waals surface area contributed by atoms with Crippen LogP contribution in [0.1, 0.15) is 24.8 Å². The lowest BCUT2D eigenvalue weighted by Crippen LogP contribution is -2.23. The smallest absolute Gasteiger partial charge is 0.225 e.